The van der Waals surface area contributed by atoms with Gasteiger partial charge < -0.3 is 5.32 Å². The van der Waals surface area contributed by atoms with Crippen LogP contribution < -0.4 is 5.32 Å². The fraction of sp³-hybridized carbons (Fsp3) is 0.458. The molecule has 2 aromatic rings. The van der Waals surface area contributed by atoms with Crippen molar-refractivity contribution in [3.63, 3.8) is 0 Å². The van der Waals surface area contributed by atoms with Crippen molar-refractivity contribution in [2.24, 2.45) is 0 Å². The van der Waals surface area contributed by atoms with Crippen LogP contribution in [0.1, 0.15) is 72.1 Å². The van der Waals surface area contributed by atoms with E-state index in [0.29, 0.717) is 12.5 Å². The third-order valence-corrected chi connectivity index (χ3v) is 5.66. The summed E-state index contributed by atoms with van der Waals surface area (Å²) in [7, 11) is 0. The van der Waals surface area contributed by atoms with Crippen LogP contribution in [0.4, 0.5) is 0 Å². The van der Waals surface area contributed by atoms with E-state index in [4.69, 9.17) is 0 Å². The van der Waals surface area contributed by atoms with Crippen molar-refractivity contribution in [1.82, 2.24) is 10.2 Å². The molecule has 1 aliphatic heterocycles. The van der Waals surface area contributed by atoms with E-state index in [1.165, 1.54) is 30.4 Å². The monoisotopic (exact) mass is 364 g/mol. The SMILES string of the molecule is Cc1ccccc1C(=O)NC[C@H](c1ccc(C(C)C)cc1)N1CCCCC1. The predicted molar refractivity (Wildman–Crippen MR) is 112 cm³/mol. The summed E-state index contributed by atoms with van der Waals surface area (Å²) in [6, 6.07) is 17.0. The Labute approximate surface area is 163 Å². The number of likely N-dealkylation sites (tertiary alicyclic amines) is 1. The Morgan fingerprint density at radius 3 is 2.22 bits per heavy atom. The molecule has 0 spiro atoms. The van der Waals surface area contributed by atoms with Gasteiger partial charge in [-0.2, -0.15) is 0 Å². The minimum atomic E-state index is 0.0221. The van der Waals surface area contributed by atoms with Crippen LogP contribution in [-0.2, 0) is 0 Å². The first-order valence-electron chi connectivity index (χ1n) is 10.2. The number of hydrogen-bond acceptors (Lipinski definition) is 2. The zero-order valence-corrected chi connectivity index (χ0v) is 16.9. The first-order chi connectivity index (χ1) is 13.1. The first kappa shape index (κ1) is 19.6. The summed E-state index contributed by atoms with van der Waals surface area (Å²) >= 11 is 0. The van der Waals surface area contributed by atoms with Crippen LogP contribution in [0.3, 0.4) is 0 Å². The van der Waals surface area contributed by atoms with Gasteiger partial charge in [-0.25, -0.2) is 0 Å². The Balaban J connectivity index is 1.75. The highest BCUT2D eigenvalue weighted by Gasteiger charge is 2.23. The maximum atomic E-state index is 12.7. The predicted octanol–water partition coefficient (Wildman–Crippen LogP) is 5.08. The number of carbonyl (C=O) groups excluding carboxylic acids is 1. The van der Waals surface area contributed by atoms with Crippen molar-refractivity contribution in [2.75, 3.05) is 19.6 Å². The van der Waals surface area contributed by atoms with Gasteiger partial charge >= 0.3 is 0 Å². The van der Waals surface area contributed by atoms with E-state index >= 15 is 0 Å². The van der Waals surface area contributed by atoms with Crippen LogP contribution in [0.25, 0.3) is 0 Å². The van der Waals surface area contributed by atoms with E-state index < -0.39 is 0 Å². The maximum Gasteiger partial charge on any atom is 0.251 e. The van der Waals surface area contributed by atoms with Crippen LogP contribution in [0.5, 0.6) is 0 Å². The molecule has 1 heterocycles. The van der Waals surface area contributed by atoms with Gasteiger partial charge in [0.2, 0.25) is 0 Å². The van der Waals surface area contributed by atoms with Crippen LogP contribution in [0, 0.1) is 6.92 Å². The van der Waals surface area contributed by atoms with Crippen LogP contribution in [0.15, 0.2) is 48.5 Å². The van der Waals surface area contributed by atoms with Crippen molar-refractivity contribution in [3.05, 3.63) is 70.8 Å². The molecule has 144 valence electrons. The highest BCUT2D eigenvalue weighted by Crippen LogP contribution is 2.26. The van der Waals surface area contributed by atoms with E-state index in [2.05, 4.69) is 48.3 Å². The van der Waals surface area contributed by atoms with Crippen LogP contribution >= 0.6 is 0 Å². The Morgan fingerprint density at radius 2 is 1.59 bits per heavy atom. The molecule has 0 unspecified atom stereocenters. The van der Waals surface area contributed by atoms with Gasteiger partial charge in [-0.05, 0) is 61.5 Å². The Hall–Kier alpha value is -2.13. The van der Waals surface area contributed by atoms with E-state index in [0.717, 1.165) is 24.2 Å². The molecule has 1 amide bonds. The molecule has 1 atom stereocenters. The molecule has 0 bridgehead atoms. The summed E-state index contributed by atoms with van der Waals surface area (Å²) < 4.78 is 0. The van der Waals surface area contributed by atoms with Crippen molar-refractivity contribution >= 4 is 5.91 Å². The van der Waals surface area contributed by atoms with Gasteiger partial charge in [-0.1, -0.05) is 62.7 Å². The molecular formula is C24H32N2O. The molecule has 3 heteroatoms. The van der Waals surface area contributed by atoms with Crippen LogP contribution in [0.2, 0.25) is 0 Å². The van der Waals surface area contributed by atoms with Crippen molar-refractivity contribution in [3.8, 4) is 0 Å². The number of benzene rings is 2. The van der Waals surface area contributed by atoms with Gasteiger partial charge in [0.15, 0.2) is 0 Å². The van der Waals surface area contributed by atoms with E-state index in [-0.39, 0.29) is 11.9 Å². The Morgan fingerprint density at radius 1 is 0.963 bits per heavy atom. The van der Waals surface area contributed by atoms with Gasteiger partial charge in [0, 0.05) is 12.1 Å². The molecule has 0 aliphatic carbocycles. The molecule has 2 aromatic carbocycles. The molecule has 27 heavy (non-hydrogen) atoms. The normalized spacial score (nSPS) is 16.3. The molecular weight excluding hydrogens is 332 g/mol. The third kappa shape index (κ3) is 4.98. The molecule has 1 N–H and O–H groups in total. The number of hydrogen-bond donors (Lipinski definition) is 1. The topological polar surface area (TPSA) is 32.3 Å². The van der Waals surface area contributed by atoms with E-state index in [9.17, 15) is 4.79 Å². The number of nitrogens with zero attached hydrogens (tertiary/aromatic N) is 1. The summed E-state index contributed by atoms with van der Waals surface area (Å²) in [5.41, 5.74) is 4.45. The van der Waals surface area contributed by atoms with Gasteiger partial charge in [-0.15, -0.1) is 0 Å². The Kier molecular flexibility index (Phi) is 6.68. The molecule has 1 aliphatic rings. The number of nitrogens with one attached hydrogen (secondary N) is 1. The smallest absolute Gasteiger partial charge is 0.251 e. The average molecular weight is 365 g/mol. The second-order valence-electron chi connectivity index (χ2n) is 7.96. The molecule has 0 aromatic heterocycles. The van der Waals surface area contributed by atoms with Crippen molar-refractivity contribution in [2.45, 2.75) is 52.0 Å². The molecule has 0 radical (unpaired) electrons. The lowest BCUT2D eigenvalue weighted by Crippen LogP contribution is -2.40. The number of carbonyl (C=O) groups is 1. The second kappa shape index (κ2) is 9.18. The quantitative estimate of drug-likeness (QED) is 0.775. The van der Waals surface area contributed by atoms with E-state index in [1.54, 1.807) is 0 Å². The fourth-order valence-electron chi connectivity index (χ4n) is 3.90. The zero-order valence-electron chi connectivity index (χ0n) is 16.9. The van der Waals surface area contributed by atoms with Gasteiger partial charge in [0.05, 0.1) is 6.04 Å². The first-order valence-corrected chi connectivity index (χ1v) is 10.2. The van der Waals surface area contributed by atoms with Crippen molar-refractivity contribution < 1.29 is 4.79 Å². The lowest BCUT2D eigenvalue weighted by atomic mass is 9.97. The minimum Gasteiger partial charge on any atom is -0.350 e. The number of rotatable bonds is 6. The number of amides is 1. The Bertz CT molecular complexity index is 745. The second-order valence-corrected chi connectivity index (χ2v) is 7.96. The molecule has 3 nitrogen and oxygen atoms in total. The maximum absolute atomic E-state index is 12.7. The average Bonchev–Trinajstić information content (AvgIpc) is 2.69. The summed E-state index contributed by atoms with van der Waals surface area (Å²) in [5.74, 6) is 0.558. The van der Waals surface area contributed by atoms with Gasteiger partial charge in [0.1, 0.15) is 0 Å². The summed E-state index contributed by atoms with van der Waals surface area (Å²) in [6.07, 6.45) is 3.80. The van der Waals surface area contributed by atoms with Gasteiger partial charge in [-0.3, -0.25) is 9.69 Å². The minimum absolute atomic E-state index is 0.0221. The highest BCUT2D eigenvalue weighted by molar-refractivity contribution is 5.95. The molecule has 0 saturated carbocycles. The lowest BCUT2D eigenvalue weighted by Gasteiger charge is -2.35. The van der Waals surface area contributed by atoms with Crippen LogP contribution in [-0.4, -0.2) is 30.4 Å². The largest absolute Gasteiger partial charge is 0.350 e. The number of aryl methyl sites for hydroxylation is 1. The van der Waals surface area contributed by atoms with Gasteiger partial charge in [0.25, 0.3) is 5.91 Å². The number of piperidine rings is 1. The van der Waals surface area contributed by atoms with E-state index in [1.807, 2.05) is 31.2 Å². The molecule has 1 fully saturated rings. The summed E-state index contributed by atoms with van der Waals surface area (Å²) in [6.45, 7) is 9.29. The summed E-state index contributed by atoms with van der Waals surface area (Å²) in [4.78, 5) is 15.2. The standard InChI is InChI=1S/C24H32N2O/c1-18(2)20-11-13-21(14-12-20)23(26-15-7-4-8-16-26)17-25-24(27)22-10-6-5-9-19(22)3/h5-6,9-14,18,23H,4,7-8,15-17H2,1-3H3,(H,25,27)/t23-/m1/s1. The summed E-state index contributed by atoms with van der Waals surface area (Å²) in [5, 5.41) is 3.19. The lowest BCUT2D eigenvalue weighted by molar-refractivity contribution is 0.0924. The fourth-order valence-corrected chi connectivity index (χ4v) is 3.90. The van der Waals surface area contributed by atoms with Crippen molar-refractivity contribution in [1.29, 1.82) is 0 Å². The molecule has 3 rings (SSSR count). The highest BCUT2D eigenvalue weighted by atomic mass is 16.1. The molecule has 1 saturated heterocycles. The third-order valence-electron chi connectivity index (χ3n) is 5.66. The zero-order chi connectivity index (χ0) is 19.2.